The molecule has 0 radical (unpaired) electrons. The molecule has 0 saturated carbocycles. The molecule has 21 heavy (non-hydrogen) atoms. The SMILES string of the molecule is Cn1nc(C(=O)N2CCC(C)(C(=O)O)C2)c2ccccc21. The van der Waals surface area contributed by atoms with Gasteiger partial charge in [0.2, 0.25) is 0 Å². The lowest BCUT2D eigenvalue weighted by Gasteiger charge is -2.19. The monoisotopic (exact) mass is 287 g/mol. The average Bonchev–Trinajstić information content (AvgIpc) is 3.02. The average molecular weight is 287 g/mol. The number of fused-ring (bicyclic) bond motifs is 1. The molecular weight excluding hydrogens is 270 g/mol. The number of amides is 1. The lowest BCUT2D eigenvalue weighted by molar-refractivity contribution is -0.147. The van der Waals surface area contributed by atoms with E-state index in [0.717, 1.165) is 10.9 Å². The summed E-state index contributed by atoms with van der Waals surface area (Å²) in [6, 6.07) is 7.54. The summed E-state index contributed by atoms with van der Waals surface area (Å²) in [6.45, 7) is 2.36. The first kappa shape index (κ1) is 13.6. The maximum atomic E-state index is 12.6. The van der Waals surface area contributed by atoms with Crippen molar-refractivity contribution in [2.24, 2.45) is 12.5 Å². The highest BCUT2D eigenvalue weighted by atomic mass is 16.4. The van der Waals surface area contributed by atoms with E-state index in [9.17, 15) is 14.7 Å². The second kappa shape index (κ2) is 4.58. The molecule has 1 aromatic carbocycles. The predicted molar refractivity (Wildman–Crippen MR) is 77.0 cm³/mol. The summed E-state index contributed by atoms with van der Waals surface area (Å²) in [6.07, 6.45) is 0.471. The number of carbonyl (C=O) groups is 2. The Balaban J connectivity index is 1.94. The molecule has 1 aromatic heterocycles. The third-order valence-corrected chi connectivity index (χ3v) is 4.24. The number of carbonyl (C=O) groups excluding carboxylic acids is 1. The van der Waals surface area contributed by atoms with Gasteiger partial charge in [-0.3, -0.25) is 14.3 Å². The van der Waals surface area contributed by atoms with Gasteiger partial charge in [-0.2, -0.15) is 5.10 Å². The van der Waals surface area contributed by atoms with E-state index < -0.39 is 11.4 Å². The first-order valence-corrected chi connectivity index (χ1v) is 6.87. The molecule has 1 unspecified atom stereocenters. The van der Waals surface area contributed by atoms with Crippen molar-refractivity contribution in [3.05, 3.63) is 30.0 Å². The maximum absolute atomic E-state index is 12.6. The number of aliphatic carboxylic acids is 1. The topological polar surface area (TPSA) is 75.4 Å². The number of likely N-dealkylation sites (tertiary alicyclic amines) is 1. The first-order chi connectivity index (χ1) is 9.92. The van der Waals surface area contributed by atoms with Crippen LogP contribution in [0.15, 0.2) is 24.3 Å². The zero-order valence-electron chi connectivity index (χ0n) is 12.0. The highest BCUT2D eigenvalue weighted by Gasteiger charge is 2.42. The number of carboxylic acids is 1. The largest absolute Gasteiger partial charge is 0.481 e. The molecule has 1 saturated heterocycles. The van der Waals surface area contributed by atoms with Crippen LogP contribution in [0.3, 0.4) is 0 Å². The molecule has 1 atom stereocenters. The van der Waals surface area contributed by atoms with Crippen molar-refractivity contribution in [1.29, 1.82) is 0 Å². The molecule has 0 spiro atoms. The smallest absolute Gasteiger partial charge is 0.311 e. The minimum absolute atomic E-state index is 0.197. The summed E-state index contributed by atoms with van der Waals surface area (Å²) in [4.78, 5) is 25.5. The van der Waals surface area contributed by atoms with Gasteiger partial charge in [0.1, 0.15) is 0 Å². The molecule has 3 rings (SSSR count). The fraction of sp³-hybridized carbons (Fsp3) is 0.400. The Hall–Kier alpha value is -2.37. The Morgan fingerprint density at radius 1 is 1.33 bits per heavy atom. The Labute approximate surface area is 122 Å². The van der Waals surface area contributed by atoms with Crippen LogP contribution in [-0.4, -0.2) is 44.8 Å². The standard InChI is InChI=1S/C15H17N3O3/c1-15(14(20)21)7-8-18(9-15)13(19)12-10-5-3-4-6-11(10)17(2)16-12/h3-6H,7-9H2,1-2H3,(H,20,21). The van der Waals surface area contributed by atoms with Crippen LogP contribution in [0.2, 0.25) is 0 Å². The van der Waals surface area contributed by atoms with Gasteiger partial charge in [-0.25, -0.2) is 0 Å². The number of aromatic nitrogens is 2. The number of rotatable bonds is 2. The van der Waals surface area contributed by atoms with Gasteiger partial charge in [0, 0.05) is 25.5 Å². The van der Waals surface area contributed by atoms with Gasteiger partial charge < -0.3 is 10.0 Å². The van der Waals surface area contributed by atoms with Crippen molar-refractivity contribution in [2.75, 3.05) is 13.1 Å². The Morgan fingerprint density at radius 3 is 2.71 bits per heavy atom. The second-order valence-corrected chi connectivity index (χ2v) is 5.83. The molecule has 1 amide bonds. The van der Waals surface area contributed by atoms with Crippen molar-refractivity contribution in [3.8, 4) is 0 Å². The molecule has 1 N–H and O–H groups in total. The van der Waals surface area contributed by atoms with E-state index in [1.807, 2.05) is 24.3 Å². The van der Waals surface area contributed by atoms with E-state index >= 15 is 0 Å². The van der Waals surface area contributed by atoms with E-state index in [-0.39, 0.29) is 12.5 Å². The summed E-state index contributed by atoms with van der Waals surface area (Å²) < 4.78 is 1.68. The third-order valence-electron chi connectivity index (χ3n) is 4.24. The number of para-hydroxylation sites is 1. The van der Waals surface area contributed by atoms with Gasteiger partial charge in [0.05, 0.1) is 10.9 Å². The minimum atomic E-state index is -0.861. The maximum Gasteiger partial charge on any atom is 0.311 e. The van der Waals surface area contributed by atoms with Crippen LogP contribution in [0, 0.1) is 5.41 Å². The van der Waals surface area contributed by atoms with Crippen LogP contribution >= 0.6 is 0 Å². The summed E-state index contributed by atoms with van der Waals surface area (Å²) in [7, 11) is 1.80. The van der Waals surface area contributed by atoms with Crippen LogP contribution in [0.5, 0.6) is 0 Å². The van der Waals surface area contributed by atoms with E-state index in [1.54, 1.807) is 23.6 Å². The van der Waals surface area contributed by atoms with Crippen LogP contribution in [0.25, 0.3) is 10.9 Å². The Kier molecular flexibility index (Phi) is 2.97. The number of nitrogens with zero attached hydrogens (tertiary/aromatic N) is 3. The number of benzene rings is 1. The minimum Gasteiger partial charge on any atom is -0.481 e. The number of hydrogen-bond donors (Lipinski definition) is 1. The molecule has 6 heteroatoms. The number of carboxylic acid groups (broad SMARTS) is 1. The number of aryl methyl sites for hydroxylation is 1. The molecule has 1 fully saturated rings. The predicted octanol–water partition coefficient (Wildman–Crippen LogP) is 1.51. The zero-order valence-corrected chi connectivity index (χ0v) is 12.0. The van der Waals surface area contributed by atoms with Gasteiger partial charge in [-0.05, 0) is 19.4 Å². The second-order valence-electron chi connectivity index (χ2n) is 5.83. The zero-order chi connectivity index (χ0) is 15.2. The first-order valence-electron chi connectivity index (χ1n) is 6.87. The molecule has 0 bridgehead atoms. The third kappa shape index (κ3) is 2.07. The van der Waals surface area contributed by atoms with Gasteiger partial charge in [-0.15, -0.1) is 0 Å². The summed E-state index contributed by atoms with van der Waals surface area (Å²) in [5.74, 6) is -1.06. The van der Waals surface area contributed by atoms with E-state index in [4.69, 9.17) is 0 Å². The molecule has 6 nitrogen and oxygen atoms in total. The van der Waals surface area contributed by atoms with Crippen molar-refractivity contribution in [2.45, 2.75) is 13.3 Å². The van der Waals surface area contributed by atoms with E-state index in [1.165, 1.54) is 0 Å². The van der Waals surface area contributed by atoms with Crippen LogP contribution < -0.4 is 0 Å². The van der Waals surface area contributed by atoms with Crippen molar-refractivity contribution < 1.29 is 14.7 Å². The molecular formula is C15H17N3O3. The quantitative estimate of drug-likeness (QED) is 0.908. The van der Waals surface area contributed by atoms with Crippen LogP contribution in [0.4, 0.5) is 0 Å². The lowest BCUT2D eigenvalue weighted by atomic mass is 9.90. The summed E-state index contributed by atoms with van der Waals surface area (Å²) in [5, 5.41) is 14.4. The molecule has 1 aliphatic rings. The highest BCUT2D eigenvalue weighted by Crippen LogP contribution is 2.31. The highest BCUT2D eigenvalue weighted by molar-refractivity contribution is 6.05. The normalized spacial score (nSPS) is 21.9. The summed E-state index contributed by atoms with van der Waals surface area (Å²) in [5.41, 5.74) is 0.420. The van der Waals surface area contributed by atoms with Crippen molar-refractivity contribution >= 4 is 22.8 Å². The van der Waals surface area contributed by atoms with Gasteiger partial charge in [-0.1, -0.05) is 18.2 Å². The fourth-order valence-corrected chi connectivity index (χ4v) is 2.83. The van der Waals surface area contributed by atoms with Crippen molar-refractivity contribution in [1.82, 2.24) is 14.7 Å². The molecule has 1 aliphatic heterocycles. The van der Waals surface area contributed by atoms with Crippen molar-refractivity contribution in [3.63, 3.8) is 0 Å². The van der Waals surface area contributed by atoms with Gasteiger partial charge in [0.25, 0.3) is 5.91 Å². The van der Waals surface area contributed by atoms with Gasteiger partial charge >= 0.3 is 5.97 Å². The Morgan fingerprint density at radius 2 is 2.05 bits per heavy atom. The molecule has 2 aromatic rings. The number of hydrogen-bond acceptors (Lipinski definition) is 3. The van der Waals surface area contributed by atoms with E-state index in [0.29, 0.717) is 18.7 Å². The van der Waals surface area contributed by atoms with Crippen LogP contribution in [-0.2, 0) is 11.8 Å². The Bertz CT molecular complexity index is 737. The fourth-order valence-electron chi connectivity index (χ4n) is 2.83. The van der Waals surface area contributed by atoms with Crippen LogP contribution in [0.1, 0.15) is 23.8 Å². The molecule has 0 aliphatic carbocycles. The lowest BCUT2D eigenvalue weighted by Crippen LogP contribution is -2.35. The van der Waals surface area contributed by atoms with E-state index in [2.05, 4.69) is 5.10 Å². The molecule has 2 heterocycles. The summed E-state index contributed by atoms with van der Waals surface area (Å²) >= 11 is 0. The van der Waals surface area contributed by atoms with Gasteiger partial charge in [0.15, 0.2) is 5.69 Å². The molecule has 110 valence electrons.